The van der Waals surface area contributed by atoms with E-state index in [-0.39, 0.29) is 10.7 Å². The van der Waals surface area contributed by atoms with Crippen molar-refractivity contribution in [3.63, 3.8) is 0 Å². The van der Waals surface area contributed by atoms with Gasteiger partial charge in [-0.05, 0) is 47.1 Å². The molecule has 21 heavy (non-hydrogen) atoms. The molecule has 0 saturated heterocycles. The number of anilines is 1. The maximum absolute atomic E-state index is 12.3. The van der Waals surface area contributed by atoms with Gasteiger partial charge >= 0.3 is 0 Å². The van der Waals surface area contributed by atoms with Crippen LogP contribution in [0, 0.1) is 0 Å². The Hall–Kier alpha value is -1.30. The minimum atomic E-state index is -0.392. The number of amides is 1. The minimum absolute atomic E-state index is 0.121. The number of aromatic nitrogens is 1. The summed E-state index contributed by atoms with van der Waals surface area (Å²) in [5.74, 6) is 0.145. The van der Waals surface area contributed by atoms with Crippen LogP contribution in [0.15, 0.2) is 34.9 Å². The van der Waals surface area contributed by atoms with Crippen LogP contribution in [-0.4, -0.2) is 17.5 Å². The molecule has 0 unspecified atom stereocenters. The fourth-order valence-corrected chi connectivity index (χ4v) is 2.35. The number of rotatable bonds is 4. The molecule has 0 radical (unpaired) electrons. The Morgan fingerprint density at radius 2 is 2.14 bits per heavy atom. The number of carbonyl (C=O) groups excluding carboxylic acids is 1. The van der Waals surface area contributed by atoms with E-state index >= 15 is 0 Å². The molecule has 0 atom stereocenters. The smallest absolute Gasteiger partial charge is 0.258 e. The van der Waals surface area contributed by atoms with Crippen LogP contribution < -0.4 is 10.1 Å². The predicted octanol–water partition coefficient (Wildman–Crippen LogP) is 4.80. The Labute approximate surface area is 140 Å². The van der Waals surface area contributed by atoms with Crippen molar-refractivity contribution in [3.05, 3.63) is 50.7 Å². The molecule has 1 N–H and O–H groups in total. The Morgan fingerprint density at radius 3 is 2.86 bits per heavy atom. The summed E-state index contributed by atoms with van der Waals surface area (Å²) in [4.78, 5) is 16.2. The number of nitrogens with one attached hydrogen (secondary N) is 1. The van der Waals surface area contributed by atoms with Crippen LogP contribution in [0.1, 0.15) is 17.3 Å². The number of pyridine rings is 1. The van der Waals surface area contributed by atoms with Gasteiger partial charge in [0.2, 0.25) is 0 Å². The molecule has 0 fully saturated rings. The zero-order valence-corrected chi connectivity index (χ0v) is 14.1. The molecule has 2 rings (SSSR count). The number of ether oxygens (including phenoxy) is 1. The van der Waals surface area contributed by atoms with E-state index in [4.69, 9.17) is 27.9 Å². The van der Waals surface area contributed by atoms with Crippen LogP contribution >= 0.6 is 39.1 Å². The van der Waals surface area contributed by atoms with E-state index in [9.17, 15) is 4.79 Å². The summed E-state index contributed by atoms with van der Waals surface area (Å²) in [7, 11) is 0. The van der Waals surface area contributed by atoms with Crippen molar-refractivity contribution in [2.75, 3.05) is 11.9 Å². The highest BCUT2D eigenvalue weighted by Gasteiger charge is 2.15. The number of halogens is 3. The second-order valence-corrected chi connectivity index (χ2v) is 5.73. The molecule has 1 aromatic heterocycles. The monoisotopic (exact) mass is 388 g/mol. The first-order valence-electron chi connectivity index (χ1n) is 6.06. The van der Waals surface area contributed by atoms with Crippen molar-refractivity contribution in [2.24, 2.45) is 0 Å². The molecule has 0 aliphatic heterocycles. The van der Waals surface area contributed by atoms with Crippen molar-refractivity contribution in [2.45, 2.75) is 6.92 Å². The molecule has 2 aromatic rings. The van der Waals surface area contributed by atoms with Crippen molar-refractivity contribution >= 4 is 50.7 Å². The summed E-state index contributed by atoms with van der Waals surface area (Å²) in [6.45, 7) is 2.33. The van der Waals surface area contributed by atoms with E-state index in [0.717, 1.165) is 0 Å². The van der Waals surface area contributed by atoms with Crippen LogP contribution in [0.25, 0.3) is 0 Å². The highest BCUT2D eigenvalue weighted by atomic mass is 79.9. The standard InChI is InChI=1S/C14H11BrCl2N2O2/c1-2-21-12-4-3-9(16)6-11(12)19-14(20)10-5-8(15)7-18-13(10)17/h3-7H,2H2,1H3,(H,19,20). The molecule has 1 amide bonds. The molecule has 4 nitrogen and oxygen atoms in total. The first-order valence-corrected chi connectivity index (χ1v) is 7.61. The molecule has 0 spiro atoms. The average molecular weight is 390 g/mol. The Kier molecular flexibility index (Phi) is 5.45. The highest BCUT2D eigenvalue weighted by Crippen LogP contribution is 2.29. The van der Waals surface area contributed by atoms with Gasteiger partial charge < -0.3 is 10.1 Å². The molecule has 0 bridgehead atoms. The number of hydrogen-bond acceptors (Lipinski definition) is 3. The van der Waals surface area contributed by atoms with Gasteiger partial charge in [0, 0.05) is 15.7 Å². The Bertz CT molecular complexity index is 680. The van der Waals surface area contributed by atoms with Crippen LogP contribution in [0.3, 0.4) is 0 Å². The lowest BCUT2D eigenvalue weighted by molar-refractivity contribution is 0.102. The van der Waals surface area contributed by atoms with Crippen LogP contribution in [0.5, 0.6) is 5.75 Å². The van der Waals surface area contributed by atoms with Gasteiger partial charge in [0.15, 0.2) is 0 Å². The van der Waals surface area contributed by atoms with Gasteiger partial charge in [-0.25, -0.2) is 4.98 Å². The van der Waals surface area contributed by atoms with Crippen molar-refractivity contribution in [1.82, 2.24) is 4.98 Å². The number of benzene rings is 1. The maximum atomic E-state index is 12.3. The van der Waals surface area contributed by atoms with Crippen molar-refractivity contribution in [3.8, 4) is 5.75 Å². The first kappa shape index (κ1) is 16.1. The number of carbonyl (C=O) groups is 1. The summed E-state index contributed by atoms with van der Waals surface area (Å²) in [5.41, 5.74) is 0.735. The second-order valence-electron chi connectivity index (χ2n) is 4.02. The quantitative estimate of drug-likeness (QED) is 0.764. The number of nitrogens with zero attached hydrogens (tertiary/aromatic N) is 1. The lowest BCUT2D eigenvalue weighted by Crippen LogP contribution is -2.14. The summed E-state index contributed by atoms with van der Waals surface area (Å²) >= 11 is 15.1. The van der Waals surface area contributed by atoms with Crippen molar-refractivity contribution in [1.29, 1.82) is 0 Å². The van der Waals surface area contributed by atoms with Crippen molar-refractivity contribution < 1.29 is 9.53 Å². The molecule has 0 saturated carbocycles. The predicted molar refractivity (Wildman–Crippen MR) is 87.5 cm³/mol. The van der Waals surface area contributed by atoms with E-state index in [1.807, 2.05) is 6.92 Å². The third-order valence-electron chi connectivity index (χ3n) is 2.54. The number of hydrogen-bond donors (Lipinski definition) is 1. The van der Waals surface area contributed by atoms with E-state index in [2.05, 4.69) is 26.2 Å². The molecule has 110 valence electrons. The first-order chi connectivity index (χ1) is 10.0. The van der Waals surface area contributed by atoms with E-state index in [1.54, 1.807) is 24.3 Å². The van der Waals surface area contributed by atoms with Gasteiger partial charge in [-0.15, -0.1) is 0 Å². The molecular weight excluding hydrogens is 379 g/mol. The lowest BCUT2D eigenvalue weighted by atomic mass is 10.2. The van der Waals surface area contributed by atoms with Crippen LogP contribution in [0.4, 0.5) is 5.69 Å². The topological polar surface area (TPSA) is 51.2 Å². The SMILES string of the molecule is CCOc1ccc(Cl)cc1NC(=O)c1cc(Br)cnc1Cl. The van der Waals surface area contributed by atoms with Gasteiger partial charge in [-0.2, -0.15) is 0 Å². The summed E-state index contributed by atoms with van der Waals surface area (Å²) < 4.78 is 6.11. The fourth-order valence-electron chi connectivity index (χ4n) is 1.65. The zero-order chi connectivity index (χ0) is 15.4. The average Bonchev–Trinajstić information content (AvgIpc) is 2.44. The van der Waals surface area contributed by atoms with Crippen LogP contribution in [0.2, 0.25) is 10.2 Å². The van der Waals surface area contributed by atoms with E-state index < -0.39 is 5.91 Å². The van der Waals surface area contributed by atoms with Gasteiger partial charge in [-0.3, -0.25) is 4.79 Å². The van der Waals surface area contributed by atoms with Gasteiger partial charge in [0.25, 0.3) is 5.91 Å². The maximum Gasteiger partial charge on any atom is 0.258 e. The molecule has 1 aromatic carbocycles. The zero-order valence-electron chi connectivity index (χ0n) is 11.0. The highest BCUT2D eigenvalue weighted by molar-refractivity contribution is 9.10. The molecular formula is C14H11BrCl2N2O2. The molecule has 0 aliphatic carbocycles. The van der Waals surface area contributed by atoms with E-state index in [0.29, 0.717) is 27.5 Å². The van der Waals surface area contributed by atoms with E-state index in [1.165, 1.54) is 6.20 Å². The third kappa shape index (κ3) is 4.09. The van der Waals surface area contributed by atoms with Gasteiger partial charge in [-0.1, -0.05) is 23.2 Å². The summed E-state index contributed by atoms with van der Waals surface area (Å²) in [6, 6.07) is 6.59. The van der Waals surface area contributed by atoms with Crippen LogP contribution in [-0.2, 0) is 0 Å². The normalized spacial score (nSPS) is 10.3. The minimum Gasteiger partial charge on any atom is -0.492 e. The van der Waals surface area contributed by atoms with Gasteiger partial charge in [0.1, 0.15) is 10.9 Å². The fraction of sp³-hybridized carbons (Fsp3) is 0.143. The Morgan fingerprint density at radius 1 is 1.38 bits per heavy atom. The largest absolute Gasteiger partial charge is 0.492 e. The summed E-state index contributed by atoms with van der Waals surface area (Å²) in [5, 5.41) is 3.34. The molecule has 1 heterocycles. The third-order valence-corrected chi connectivity index (χ3v) is 3.51. The second kappa shape index (κ2) is 7.11. The molecule has 7 heteroatoms. The lowest BCUT2D eigenvalue weighted by Gasteiger charge is -2.12. The van der Waals surface area contributed by atoms with Gasteiger partial charge in [0.05, 0.1) is 17.9 Å². The Balaban J connectivity index is 2.31. The summed E-state index contributed by atoms with van der Waals surface area (Å²) in [6.07, 6.45) is 1.52. The molecule has 0 aliphatic rings.